The number of hydrogen-bond donors (Lipinski definition) is 0. The van der Waals surface area contributed by atoms with Gasteiger partial charge in [-0.25, -0.2) is 0 Å². The van der Waals surface area contributed by atoms with Crippen molar-refractivity contribution in [3.63, 3.8) is 0 Å². The van der Waals surface area contributed by atoms with Crippen LogP contribution in [0.4, 0.5) is 0 Å². The van der Waals surface area contributed by atoms with Gasteiger partial charge in [-0.15, -0.1) is 0 Å². The summed E-state index contributed by atoms with van der Waals surface area (Å²) >= 11 is 0. The molecule has 0 heterocycles. The van der Waals surface area contributed by atoms with Crippen molar-refractivity contribution in [2.24, 2.45) is 0 Å². The molecule has 1 rings (SSSR count). The number of amides is 1. The van der Waals surface area contributed by atoms with Gasteiger partial charge in [0.05, 0.1) is 31.6 Å². The maximum atomic E-state index is 12.4. The van der Waals surface area contributed by atoms with E-state index in [9.17, 15) is 4.79 Å². The van der Waals surface area contributed by atoms with Gasteiger partial charge in [0.25, 0.3) is 5.91 Å². The van der Waals surface area contributed by atoms with Gasteiger partial charge < -0.3 is 9.64 Å². The summed E-state index contributed by atoms with van der Waals surface area (Å²) in [5.41, 5.74) is 1.47. The van der Waals surface area contributed by atoms with Crippen LogP contribution < -0.4 is 0 Å². The molecule has 1 amide bonds. The van der Waals surface area contributed by atoms with Gasteiger partial charge in [0, 0.05) is 25.8 Å². The van der Waals surface area contributed by atoms with E-state index in [1.807, 2.05) is 18.2 Å². The number of nitriles is 2. The highest BCUT2D eigenvalue weighted by Crippen LogP contribution is 2.10. The van der Waals surface area contributed by atoms with Crippen LogP contribution in [-0.4, -0.2) is 31.0 Å². The lowest BCUT2D eigenvalue weighted by Gasteiger charge is -2.20. The Bertz CT molecular complexity index is 511. The van der Waals surface area contributed by atoms with Crippen LogP contribution in [0.2, 0.25) is 0 Å². The monoisotopic (exact) mass is 271 g/mol. The third kappa shape index (κ3) is 4.72. The predicted molar refractivity (Wildman–Crippen MR) is 73.5 cm³/mol. The van der Waals surface area contributed by atoms with Gasteiger partial charge in [-0.3, -0.25) is 4.79 Å². The number of nitrogens with zero attached hydrogens (tertiary/aromatic N) is 3. The summed E-state index contributed by atoms with van der Waals surface area (Å²) in [6, 6.07) is 11.2. The number of carbonyl (C=O) groups excluding carboxylic acids is 1. The topological polar surface area (TPSA) is 77.1 Å². The van der Waals surface area contributed by atoms with Gasteiger partial charge in [-0.05, 0) is 17.7 Å². The van der Waals surface area contributed by atoms with Crippen molar-refractivity contribution < 1.29 is 9.53 Å². The smallest absolute Gasteiger partial charge is 0.253 e. The number of benzene rings is 1. The normalized spacial score (nSPS) is 9.55. The third-order valence-electron chi connectivity index (χ3n) is 2.76. The molecule has 20 heavy (non-hydrogen) atoms. The minimum Gasteiger partial charge on any atom is -0.380 e. The fraction of sp³-hybridized carbons (Fsp3) is 0.400. The fourth-order valence-corrected chi connectivity index (χ4v) is 1.83. The maximum absolute atomic E-state index is 12.4. The van der Waals surface area contributed by atoms with Crippen LogP contribution in [0.1, 0.15) is 28.8 Å². The Balaban J connectivity index is 2.84. The van der Waals surface area contributed by atoms with Gasteiger partial charge >= 0.3 is 0 Å². The highest BCUT2D eigenvalue weighted by atomic mass is 16.5. The lowest BCUT2D eigenvalue weighted by atomic mass is 10.1. The second-order valence-electron chi connectivity index (χ2n) is 4.24. The van der Waals surface area contributed by atoms with E-state index in [1.54, 1.807) is 30.2 Å². The largest absolute Gasteiger partial charge is 0.380 e. The molecule has 0 N–H and O–H groups in total. The van der Waals surface area contributed by atoms with Crippen molar-refractivity contribution in [1.29, 1.82) is 10.5 Å². The summed E-state index contributed by atoms with van der Waals surface area (Å²) in [7, 11) is 1.60. The van der Waals surface area contributed by atoms with Gasteiger partial charge in [-0.1, -0.05) is 12.1 Å². The molecule has 0 saturated heterocycles. The molecule has 0 bridgehead atoms. The highest BCUT2D eigenvalue weighted by molar-refractivity contribution is 5.94. The summed E-state index contributed by atoms with van der Waals surface area (Å²) in [4.78, 5) is 13.9. The van der Waals surface area contributed by atoms with Crippen molar-refractivity contribution in [2.75, 3.05) is 20.2 Å². The number of methoxy groups -OCH3 is 1. The minimum absolute atomic E-state index is 0.159. The Morgan fingerprint density at radius 3 is 2.45 bits per heavy atom. The van der Waals surface area contributed by atoms with E-state index in [0.29, 0.717) is 25.3 Å². The van der Waals surface area contributed by atoms with Crippen molar-refractivity contribution in [3.8, 4) is 12.1 Å². The van der Waals surface area contributed by atoms with Crippen LogP contribution in [0.3, 0.4) is 0 Å². The summed E-state index contributed by atoms with van der Waals surface area (Å²) in [6.45, 7) is 1.12. The van der Waals surface area contributed by atoms with E-state index in [4.69, 9.17) is 15.3 Å². The second-order valence-corrected chi connectivity index (χ2v) is 4.24. The highest BCUT2D eigenvalue weighted by Gasteiger charge is 2.15. The van der Waals surface area contributed by atoms with E-state index in [1.165, 1.54) is 0 Å². The van der Waals surface area contributed by atoms with Gasteiger partial charge in [0.15, 0.2) is 0 Å². The van der Waals surface area contributed by atoms with Crippen LogP contribution in [0, 0.1) is 22.7 Å². The molecule has 1 aromatic carbocycles. The Morgan fingerprint density at radius 1 is 1.25 bits per heavy atom. The first-order valence-electron chi connectivity index (χ1n) is 6.34. The zero-order valence-corrected chi connectivity index (χ0v) is 11.5. The first-order chi connectivity index (χ1) is 9.72. The summed E-state index contributed by atoms with van der Waals surface area (Å²) < 4.78 is 5.04. The van der Waals surface area contributed by atoms with Crippen LogP contribution in [0.25, 0.3) is 0 Å². The van der Waals surface area contributed by atoms with Crippen molar-refractivity contribution >= 4 is 5.91 Å². The van der Waals surface area contributed by atoms with Crippen LogP contribution in [0.5, 0.6) is 0 Å². The molecule has 1 aromatic rings. The van der Waals surface area contributed by atoms with Crippen LogP contribution >= 0.6 is 0 Å². The Hall–Kier alpha value is -2.37. The summed E-state index contributed by atoms with van der Waals surface area (Å²) in [5, 5.41) is 17.3. The van der Waals surface area contributed by atoms with Gasteiger partial charge in [0.2, 0.25) is 0 Å². The summed E-state index contributed by atoms with van der Waals surface area (Å²) in [5.74, 6) is -0.159. The predicted octanol–water partition coefficient (Wildman–Crippen LogP) is 2.10. The zero-order valence-electron chi connectivity index (χ0n) is 11.5. The molecule has 0 aliphatic carbocycles. The molecule has 0 radical (unpaired) electrons. The Morgan fingerprint density at radius 2 is 1.90 bits per heavy atom. The number of rotatable bonds is 7. The van der Waals surface area contributed by atoms with E-state index in [2.05, 4.69) is 0 Å². The van der Waals surface area contributed by atoms with Crippen LogP contribution in [0.15, 0.2) is 24.3 Å². The molecule has 0 aromatic heterocycles. The number of ether oxygens (including phenoxy) is 1. The molecule has 0 saturated carbocycles. The number of carbonyl (C=O) groups is 1. The van der Waals surface area contributed by atoms with Crippen molar-refractivity contribution in [1.82, 2.24) is 4.90 Å². The quantitative estimate of drug-likeness (QED) is 0.761. The molecule has 5 nitrogen and oxygen atoms in total. The lowest BCUT2D eigenvalue weighted by Crippen LogP contribution is -2.32. The van der Waals surface area contributed by atoms with E-state index in [0.717, 1.165) is 5.56 Å². The average Bonchev–Trinajstić information content (AvgIpc) is 2.47. The maximum Gasteiger partial charge on any atom is 0.253 e. The zero-order chi connectivity index (χ0) is 14.8. The van der Waals surface area contributed by atoms with Crippen molar-refractivity contribution in [3.05, 3.63) is 35.4 Å². The first kappa shape index (κ1) is 15.7. The molecular formula is C15H17N3O2. The second kappa shape index (κ2) is 8.68. The van der Waals surface area contributed by atoms with Gasteiger partial charge in [-0.2, -0.15) is 10.5 Å². The Kier molecular flexibility index (Phi) is 6.81. The minimum atomic E-state index is -0.159. The molecular weight excluding hydrogens is 254 g/mol. The van der Waals surface area contributed by atoms with E-state index >= 15 is 0 Å². The molecule has 0 spiro atoms. The van der Waals surface area contributed by atoms with E-state index < -0.39 is 0 Å². The molecule has 0 atom stereocenters. The average molecular weight is 271 g/mol. The van der Waals surface area contributed by atoms with E-state index in [-0.39, 0.29) is 18.7 Å². The summed E-state index contributed by atoms with van der Waals surface area (Å²) in [6.07, 6.45) is 0.518. The fourth-order valence-electron chi connectivity index (χ4n) is 1.83. The molecule has 104 valence electrons. The third-order valence-corrected chi connectivity index (χ3v) is 2.76. The Labute approximate surface area is 119 Å². The molecule has 0 aliphatic heterocycles. The molecule has 5 heteroatoms. The SMILES string of the molecule is COCc1cccc(C(=O)N(CCC#N)CCC#N)c1. The standard InChI is InChI=1S/C15H17N3O2/c1-20-12-13-5-2-6-14(11-13)15(19)18(9-3-7-16)10-4-8-17/h2,5-6,11H,3-4,9-10,12H2,1H3. The number of hydrogen-bond acceptors (Lipinski definition) is 4. The molecule has 0 unspecified atom stereocenters. The lowest BCUT2D eigenvalue weighted by molar-refractivity contribution is 0.0762. The first-order valence-corrected chi connectivity index (χ1v) is 6.34. The molecule has 0 aliphatic rings. The van der Waals surface area contributed by atoms with Crippen molar-refractivity contribution in [2.45, 2.75) is 19.4 Å². The molecule has 0 fully saturated rings. The van der Waals surface area contributed by atoms with Gasteiger partial charge in [0.1, 0.15) is 0 Å². The van der Waals surface area contributed by atoms with Crippen LogP contribution in [-0.2, 0) is 11.3 Å².